The molecule has 1 N–H and O–H groups in total. The molecule has 2 unspecified atom stereocenters. The zero-order valence-electron chi connectivity index (χ0n) is 7.89. The van der Waals surface area contributed by atoms with E-state index in [0.717, 1.165) is 6.42 Å². The van der Waals surface area contributed by atoms with Crippen molar-refractivity contribution in [2.45, 2.75) is 40.2 Å². The molecule has 1 nitrogen and oxygen atoms in total. The van der Waals surface area contributed by atoms with Gasteiger partial charge in [-0.05, 0) is 31.6 Å². The van der Waals surface area contributed by atoms with Gasteiger partial charge in [0.05, 0.1) is 6.10 Å². The Morgan fingerprint density at radius 1 is 1.55 bits per heavy atom. The minimum atomic E-state index is -0.213. The van der Waals surface area contributed by atoms with Crippen molar-refractivity contribution in [2.75, 3.05) is 0 Å². The van der Waals surface area contributed by atoms with Crippen LogP contribution in [0.5, 0.6) is 0 Å². The van der Waals surface area contributed by atoms with Crippen LogP contribution in [0.3, 0.4) is 0 Å². The second kappa shape index (κ2) is 2.63. The quantitative estimate of drug-likeness (QED) is 0.605. The Morgan fingerprint density at radius 3 is 2.27 bits per heavy atom. The summed E-state index contributed by atoms with van der Waals surface area (Å²) in [7, 11) is 0. The molecule has 0 aliphatic heterocycles. The molecule has 0 radical (unpaired) electrons. The Hall–Kier alpha value is -0.300. The maximum Gasteiger partial charge on any atom is 0.0756 e. The monoisotopic (exact) mass is 154 g/mol. The van der Waals surface area contributed by atoms with Crippen molar-refractivity contribution in [3.05, 3.63) is 11.6 Å². The number of hydrogen-bond acceptors (Lipinski definition) is 1. The molecule has 0 spiro atoms. The standard InChI is InChI=1S/C10H18O/c1-7(2)5-9(11)8-6-10(8,3)4/h5,8-9,11H,6H2,1-4H3. The van der Waals surface area contributed by atoms with Crippen molar-refractivity contribution in [2.24, 2.45) is 11.3 Å². The predicted octanol–water partition coefficient (Wildman–Crippen LogP) is 2.36. The van der Waals surface area contributed by atoms with E-state index in [1.807, 2.05) is 19.9 Å². The van der Waals surface area contributed by atoms with Crippen LogP contribution in [0.15, 0.2) is 11.6 Å². The van der Waals surface area contributed by atoms with Gasteiger partial charge in [0.25, 0.3) is 0 Å². The summed E-state index contributed by atoms with van der Waals surface area (Å²) >= 11 is 0. The molecule has 11 heavy (non-hydrogen) atoms. The number of hydrogen-bond donors (Lipinski definition) is 1. The van der Waals surface area contributed by atoms with Gasteiger partial charge in [-0.2, -0.15) is 0 Å². The van der Waals surface area contributed by atoms with E-state index in [2.05, 4.69) is 13.8 Å². The average molecular weight is 154 g/mol. The highest BCUT2D eigenvalue weighted by Gasteiger charge is 2.48. The maximum absolute atomic E-state index is 9.62. The summed E-state index contributed by atoms with van der Waals surface area (Å²) in [5.74, 6) is 0.498. The Kier molecular flexibility index (Phi) is 2.10. The van der Waals surface area contributed by atoms with Crippen LogP contribution in [-0.4, -0.2) is 11.2 Å². The fraction of sp³-hybridized carbons (Fsp3) is 0.800. The summed E-state index contributed by atoms with van der Waals surface area (Å²) in [5, 5.41) is 9.62. The smallest absolute Gasteiger partial charge is 0.0756 e. The van der Waals surface area contributed by atoms with Crippen molar-refractivity contribution in [3.8, 4) is 0 Å². The van der Waals surface area contributed by atoms with Gasteiger partial charge in [0.15, 0.2) is 0 Å². The number of aliphatic hydroxyl groups excluding tert-OH is 1. The summed E-state index contributed by atoms with van der Waals surface area (Å²) in [6.07, 6.45) is 2.91. The SMILES string of the molecule is CC(C)=CC(O)C1CC1(C)C. The largest absolute Gasteiger partial charge is 0.389 e. The maximum atomic E-state index is 9.62. The molecule has 1 saturated carbocycles. The normalized spacial score (nSPS) is 29.4. The Morgan fingerprint density at radius 2 is 2.00 bits per heavy atom. The predicted molar refractivity (Wildman–Crippen MR) is 47.3 cm³/mol. The van der Waals surface area contributed by atoms with Crippen LogP contribution < -0.4 is 0 Å². The van der Waals surface area contributed by atoms with Crippen molar-refractivity contribution in [1.82, 2.24) is 0 Å². The van der Waals surface area contributed by atoms with E-state index in [0.29, 0.717) is 11.3 Å². The van der Waals surface area contributed by atoms with Crippen molar-refractivity contribution < 1.29 is 5.11 Å². The van der Waals surface area contributed by atoms with Gasteiger partial charge in [-0.3, -0.25) is 0 Å². The Labute approximate surface area is 69.1 Å². The number of allylic oxidation sites excluding steroid dienone is 1. The van der Waals surface area contributed by atoms with Crippen LogP contribution in [-0.2, 0) is 0 Å². The Bertz CT molecular complexity index is 175. The first-order valence-corrected chi connectivity index (χ1v) is 4.26. The van der Waals surface area contributed by atoms with Crippen LogP contribution in [0.4, 0.5) is 0 Å². The van der Waals surface area contributed by atoms with Crippen LogP contribution in [0, 0.1) is 11.3 Å². The van der Waals surface area contributed by atoms with E-state index in [9.17, 15) is 5.11 Å². The van der Waals surface area contributed by atoms with Gasteiger partial charge in [-0.25, -0.2) is 0 Å². The van der Waals surface area contributed by atoms with Crippen LogP contribution in [0.25, 0.3) is 0 Å². The molecule has 1 fully saturated rings. The van der Waals surface area contributed by atoms with E-state index in [4.69, 9.17) is 0 Å². The van der Waals surface area contributed by atoms with Crippen molar-refractivity contribution >= 4 is 0 Å². The van der Waals surface area contributed by atoms with Gasteiger partial charge in [0, 0.05) is 0 Å². The molecule has 64 valence electrons. The molecule has 2 atom stereocenters. The Balaban J connectivity index is 2.46. The molecule has 1 rings (SSSR count). The molecule has 0 bridgehead atoms. The highest BCUT2D eigenvalue weighted by Crippen LogP contribution is 2.53. The van der Waals surface area contributed by atoms with Crippen LogP contribution >= 0.6 is 0 Å². The molecule has 0 heterocycles. The second-order valence-corrected chi connectivity index (χ2v) is 4.53. The third-order valence-electron chi connectivity index (χ3n) is 2.51. The molecule has 0 aromatic heterocycles. The molecule has 1 aliphatic carbocycles. The summed E-state index contributed by atoms with van der Waals surface area (Å²) in [6, 6.07) is 0. The van der Waals surface area contributed by atoms with E-state index in [1.165, 1.54) is 5.57 Å². The molecule has 0 aromatic carbocycles. The molecular weight excluding hydrogens is 136 g/mol. The summed E-state index contributed by atoms with van der Waals surface area (Å²) in [5.41, 5.74) is 1.59. The van der Waals surface area contributed by atoms with Crippen molar-refractivity contribution in [3.63, 3.8) is 0 Å². The first kappa shape index (κ1) is 8.79. The van der Waals surface area contributed by atoms with E-state index in [-0.39, 0.29) is 6.10 Å². The van der Waals surface area contributed by atoms with Gasteiger partial charge in [-0.15, -0.1) is 0 Å². The minimum absolute atomic E-state index is 0.213. The van der Waals surface area contributed by atoms with Gasteiger partial charge in [0.2, 0.25) is 0 Å². The fourth-order valence-corrected chi connectivity index (χ4v) is 1.55. The second-order valence-electron chi connectivity index (χ2n) is 4.53. The lowest BCUT2D eigenvalue weighted by Gasteiger charge is -2.07. The van der Waals surface area contributed by atoms with Gasteiger partial charge >= 0.3 is 0 Å². The fourth-order valence-electron chi connectivity index (χ4n) is 1.55. The lowest BCUT2D eigenvalue weighted by molar-refractivity contribution is 0.182. The number of rotatable bonds is 2. The van der Waals surface area contributed by atoms with Gasteiger partial charge < -0.3 is 5.11 Å². The van der Waals surface area contributed by atoms with E-state index < -0.39 is 0 Å². The topological polar surface area (TPSA) is 20.2 Å². The zero-order chi connectivity index (χ0) is 8.65. The summed E-state index contributed by atoms with van der Waals surface area (Å²) in [4.78, 5) is 0. The summed E-state index contributed by atoms with van der Waals surface area (Å²) < 4.78 is 0. The molecular formula is C10H18O. The average Bonchev–Trinajstić information content (AvgIpc) is 2.38. The third kappa shape index (κ3) is 2.06. The number of aliphatic hydroxyl groups is 1. The van der Waals surface area contributed by atoms with E-state index >= 15 is 0 Å². The van der Waals surface area contributed by atoms with Gasteiger partial charge in [0.1, 0.15) is 0 Å². The molecule has 0 aromatic rings. The summed E-state index contributed by atoms with van der Waals surface area (Å²) in [6.45, 7) is 8.47. The molecule has 0 amide bonds. The lowest BCUT2D eigenvalue weighted by Crippen LogP contribution is -2.09. The molecule has 1 aliphatic rings. The van der Waals surface area contributed by atoms with E-state index in [1.54, 1.807) is 0 Å². The minimum Gasteiger partial charge on any atom is -0.389 e. The van der Waals surface area contributed by atoms with Gasteiger partial charge in [-0.1, -0.05) is 25.5 Å². The van der Waals surface area contributed by atoms with Crippen LogP contribution in [0.2, 0.25) is 0 Å². The van der Waals surface area contributed by atoms with Crippen molar-refractivity contribution in [1.29, 1.82) is 0 Å². The lowest BCUT2D eigenvalue weighted by atomic mass is 10.0. The first-order valence-electron chi connectivity index (χ1n) is 4.26. The molecule has 1 heteroatoms. The first-order chi connectivity index (χ1) is 4.93. The third-order valence-corrected chi connectivity index (χ3v) is 2.51. The van der Waals surface area contributed by atoms with Crippen LogP contribution in [0.1, 0.15) is 34.1 Å². The highest BCUT2D eigenvalue weighted by atomic mass is 16.3. The highest BCUT2D eigenvalue weighted by molar-refractivity contribution is 5.09. The molecule has 0 saturated heterocycles. The zero-order valence-corrected chi connectivity index (χ0v) is 7.89.